The molecule has 1 aromatic carbocycles. The lowest BCUT2D eigenvalue weighted by Crippen LogP contribution is -1.78. The second-order valence-corrected chi connectivity index (χ2v) is 4.01. The van der Waals surface area contributed by atoms with Crippen LogP contribution in [0.3, 0.4) is 0 Å². The van der Waals surface area contributed by atoms with Gasteiger partial charge in [0.2, 0.25) is 0 Å². The van der Waals surface area contributed by atoms with Gasteiger partial charge < -0.3 is 0 Å². The highest BCUT2D eigenvalue weighted by atomic mass is 14.0. The second kappa shape index (κ2) is 5.32. The average Bonchev–Trinajstić information content (AvgIpc) is 2.53. The molecule has 0 bridgehead atoms. The first-order valence-electron chi connectivity index (χ1n) is 5.64. The maximum Gasteiger partial charge on any atom is -0.00754 e. The first-order valence-corrected chi connectivity index (χ1v) is 5.64. The molecule has 0 nitrogen and oxygen atoms in total. The van der Waals surface area contributed by atoms with Crippen LogP contribution in [-0.4, -0.2) is 0 Å². The summed E-state index contributed by atoms with van der Waals surface area (Å²) in [5, 5.41) is 0. The van der Waals surface area contributed by atoms with Crippen LogP contribution in [0.25, 0.3) is 6.08 Å². The van der Waals surface area contributed by atoms with Crippen LogP contribution in [0.2, 0.25) is 0 Å². The molecule has 0 aliphatic heterocycles. The highest BCUT2D eigenvalue weighted by molar-refractivity contribution is 5.55. The molecule has 0 saturated carbocycles. The normalized spacial score (nSPS) is 19.8. The largest absolute Gasteiger partial charge is 0.0779 e. The summed E-state index contributed by atoms with van der Waals surface area (Å²) in [6.45, 7) is 2.19. The molecular formula is C16H16. The molecule has 1 aromatic rings. The van der Waals surface area contributed by atoms with Crippen molar-refractivity contribution in [2.75, 3.05) is 0 Å². The van der Waals surface area contributed by atoms with E-state index in [1.54, 1.807) is 0 Å². The van der Waals surface area contributed by atoms with Crippen LogP contribution in [0.5, 0.6) is 0 Å². The molecular weight excluding hydrogens is 192 g/mol. The van der Waals surface area contributed by atoms with Gasteiger partial charge in [0.1, 0.15) is 0 Å². The van der Waals surface area contributed by atoms with Gasteiger partial charge in [-0.2, -0.15) is 0 Å². The first kappa shape index (κ1) is 10.7. The van der Waals surface area contributed by atoms with Gasteiger partial charge in [-0.1, -0.05) is 79.8 Å². The van der Waals surface area contributed by atoms with E-state index in [9.17, 15) is 0 Å². The molecule has 0 heterocycles. The zero-order valence-electron chi connectivity index (χ0n) is 9.51. The van der Waals surface area contributed by atoms with E-state index in [1.165, 1.54) is 11.1 Å². The van der Waals surface area contributed by atoms with Crippen molar-refractivity contribution in [2.24, 2.45) is 5.92 Å². The van der Waals surface area contributed by atoms with Crippen LogP contribution in [-0.2, 0) is 0 Å². The Balaban J connectivity index is 2.11. The van der Waals surface area contributed by atoms with Crippen LogP contribution >= 0.6 is 0 Å². The number of benzene rings is 1. The number of rotatable bonds is 2. The number of hydrogen-bond acceptors (Lipinski definition) is 0. The third-order valence-corrected chi connectivity index (χ3v) is 2.56. The van der Waals surface area contributed by atoms with E-state index >= 15 is 0 Å². The van der Waals surface area contributed by atoms with E-state index in [2.05, 4.69) is 73.7 Å². The molecule has 1 unspecified atom stereocenters. The van der Waals surface area contributed by atoms with E-state index in [0.717, 1.165) is 0 Å². The van der Waals surface area contributed by atoms with Crippen LogP contribution in [0.1, 0.15) is 12.5 Å². The van der Waals surface area contributed by atoms with Gasteiger partial charge in [0.25, 0.3) is 0 Å². The van der Waals surface area contributed by atoms with Gasteiger partial charge in [-0.15, -0.1) is 0 Å². The maximum absolute atomic E-state index is 2.21. The molecule has 0 spiro atoms. The van der Waals surface area contributed by atoms with Crippen molar-refractivity contribution < 1.29 is 0 Å². The van der Waals surface area contributed by atoms with Gasteiger partial charge in [-0.3, -0.25) is 0 Å². The molecule has 0 radical (unpaired) electrons. The van der Waals surface area contributed by atoms with E-state index < -0.39 is 0 Å². The van der Waals surface area contributed by atoms with Crippen molar-refractivity contribution in [3.8, 4) is 0 Å². The fraction of sp³-hybridized carbons (Fsp3) is 0.125. The Kier molecular flexibility index (Phi) is 3.55. The molecule has 2 rings (SSSR count). The predicted molar refractivity (Wildman–Crippen MR) is 71.0 cm³/mol. The summed E-state index contributed by atoms with van der Waals surface area (Å²) in [5.74, 6) is 0.527. The number of allylic oxidation sites excluding steroid dienone is 7. The zero-order valence-corrected chi connectivity index (χ0v) is 9.51. The van der Waals surface area contributed by atoms with Crippen LogP contribution < -0.4 is 0 Å². The summed E-state index contributed by atoms with van der Waals surface area (Å²) < 4.78 is 0. The van der Waals surface area contributed by atoms with Crippen molar-refractivity contribution >= 4 is 6.08 Å². The molecule has 1 atom stereocenters. The van der Waals surface area contributed by atoms with Gasteiger partial charge in [-0.05, 0) is 17.1 Å². The monoisotopic (exact) mass is 208 g/mol. The lowest BCUT2D eigenvalue weighted by molar-refractivity contribution is 0.942. The van der Waals surface area contributed by atoms with Gasteiger partial charge >= 0.3 is 0 Å². The average molecular weight is 208 g/mol. The summed E-state index contributed by atoms with van der Waals surface area (Å²) >= 11 is 0. The van der Waals surface area contributed by atoms with E-state index in [1.807, 2.05) is 6.07 Å². The molecule has 0 saturated heterocycles. The Labute approximate surface area is 97.3 Å². The SMILES string of the molecule is CC1C=CC=C(/C=C\c2ccccc2)C=C1. The maximum atomic E-state index is 2.21. The summed E-state index contributed by atoms with van der Waals surface area (Å²) in [4.78, 5) is 0. The minimum Gasteiger partial charge on any atom is -0.0779 e. The van der Waals surface area contributed by atoms with Crippen molar-refractivity contribution in [3.63, 3.8) is 0 Å². The van der Waals surface area contributed by atoms with Crippen LogP contribution in [0.4, 0.5) is 0 Å². The summed E-state index contributed by atoms with van der Waals surface area (Å²) in [6, 6.07) is 10.4. The predicted octanol–water partition coefficient (Wildman–Crippen LogP) is 4.39. The van der Waals surface area contributed by atoms with Gasteiger partial charge in [0.15, 0.2) is 0 Å². The van der Waals surface area contributed by atoms with E-state index in [4.69, 9.17) is 0 Å². The van der Waals surface area contributed by atoms with Gasteiger partial charge in [-0.25, -0.2) is 0 Å². The topological polar surface area (TPSA) is 0 Å². The Hall–Kier alpha value is -1.82. The minimum atomic E-state index is 0.527. The summed E-state index contributed by atoms with van der Waals surface area (Å²) in [5.41, 5.74) is 2.47. The first-order chi connectivity index (χ1) is 7.84. The third-order valence-electron chi connectivity index (χ3n) is 2.56. The molecule has 0 amide bonds. The van der Waals surface area contributed by atoms with Crippen molar-refractivity contribution in [3.05, 3.63) is 77.9 Å². The minimum absolute atomic E-state index is 0.527. The highest BCUT2D eigenvalue weighted by Crippen LogP contribution is 2.12. The third kappa shape index (κ3) is 3.09. The lowest BCUT2D eigenvalue weighted by Gasteiger charge is -1.94. The van der Waals surface area contributed by atoms with Crippen molar-refractivity contribution in [2.45, 2.75) is 6.92 Å². The fourth-order valence-electron chi connectivity index (χ4n) is 1.59. The van der Waals surface area contributed by atoms with E-state index in [-0.39, 0.29) is 0 Å². The standard InChI is InChI=1S/C16H16/c1-14-6-5-9-16(11-10-14)13-12-15-7-3-2-4-8-15/h2-14H,1H3/b13-12-. The van der Waals surface area contributed by atoms with Crippen LogP contribution in [0.15, 0.2) is 72.4 Å². The van der Waals surface area contributed by atoms with Crippen molar-refractivity contribution in [1.29, 1.82) is 0 Å². The molecule has 0 heteroatoms. The van der Waals surface area contributed by atoms with Gasteiger partial charge in [0.05, 0.1) is 0 Å². The number of hydrogen-bond donors (Lipinski definition) is 0. The second-order valence-electron chi connectivity index (χ2n) is 4.01. The molecule has 0 aromatic heterocycles. The smallest absolute Gasteiger partial charge is 0.00754 e. The van der Waals surface area contributed by atoms with Gasteiger partial charge in [0, 0.05) is 0 Å². The van der Waals surface area contributed by atoms with Crippen molar-refractivity contribution in [1.82, 2.24) is 0 Å². The quantitative estimate of drug-likeness (QED) is 0.676. The fourth-order valence-corrected chi connectivity index (χ4v) is 1.59. The van der Waals surface area contributed by atoms with Crippen LogP contribution in [0, 0.1) is 5.92 Å². The molecule has 16 heavy (non-hydrogen) atoms. The lowest BCUT2D eigenvalue weighted by atomic mass is 10.1. The highest BCUT2D eigenvalue weighted by Gasteiger charge is 1.94. The molecule has 0 fully saturated rings. The molecule has 80 valence electrons. The Morgan fingerprint density at radius 2 is 1.81 bits per heavy atom. The summed E-state index contributed by atoms with van der Waals surface area (Å²) in [6.07, 6.45) is 15.1. The zero-order chi connectivity index (χ0) is 11.2. The van der Waals surface area contributed by atoms with E-state index in [0.29, 0.717) is 5.92 Å². The molecule has 1 aliphatic rings. The Morgan fingerprint density at radius 1 is 1.00 bits per heavy atom. The molecule has 0 N–H and O–H groups in total. The Bertz CT molecular complexity index is 444. The molecule has 1 aliphatic carbocycles. The summed E-state index contributed by atoms with van der Waals surface area (Å²) in [7, 11) is 0. The Morgan fingerprint density at radius 3 is 2.62 bits per heavy atom.